The Morgan fingerprint density at radius 1 is 1.10 bits per heavy atom. The molecule has 0 unspecified atom stereocenters. The summed E-state index contributed by atoms with van der Waals surface area (Å²) in [5.74, 6) is 0.529. The van der Waals surface area contributed by atoms with Crippen LogP contribution in [-0.2, 0) is 6.61 Å². The molecule has 0 atom stereocenters. The van der Waals surface area contributed by atoms with Crippen molar-refractivity contribution in [3.63, 3.8) is 0 Å². The molecule has 0 amide bonds. The number of fused-ring (bicyclic) bond motifs is 1. The molecule has 0 aliphatic carbocycles. The number of pyridine rings is 1. The van der Waals surface area contributed by atoms with Crippen LogP contribution < -0.4 is 4.74 Å². The van der Waals surface area contributed by atoms with Gasteiger partial charge in [0.2, 0.25) is 0 Å². The van der Waals surface area contributed by atoms with Gasteiger partial charge in [-0.3, -0.25) is 4.98 Å². The van der Waals surface area contributed by atoms with Crippen molar-refractivity contribution in [2.45, 2.75) is 6.61 Å². The topological polar surface area (TPSA) is 68.1 Å². The van der Waals surface area contributed by atoms with Crippen molar-refractivity contribution in [3.8, 4) is 11.8 Å². The fourth-order valence-corrected chi connectivity index (χ4v) is 1.99. The number of aromatic nitrogens is 3. The third kappa shape index (κ3) is 2.41. The maximum absolute atomic E-state index is 8.94. The van der Waals surface area contributed by atoms with E-state index in [1.54, 1.807) is 18.3 Å². The van der Waals surface area contributed by atoms with Gasteiger partial charge in [0.15, 0.2) is 5.75 Å². The van der Waals surface area contributed by atoms with Crippen LogP contribution in [0.2, 0.25) is 5.02 Å². The first-order valence-corrected chi connectivity index (χ1v) is 6.28. The Morgan fingerprint density at radius 2 is 1.90 bits per heavy atom. The van der Waals surface area contributed by atoms with E-state index in [0.29, 0.717) is 21.9 Å². The van der Waals surface area contributed by atoms with Crippen LogP contribution in [0.3, 0.4) is 0 Å². The van der Waals surface area contributed by atoms with Crippen LogP contribution in [0.4, 0.5) is 0 Å². The first kappa shape index (κ1) is 12.8. The van der Waals surface area contributed by atoms with Gasteiger partial charge < -0.3 is 9.84 Å². The number of hydrogen-bond acceptors (Lipinski definition) is 5. The Labute approximate surface area is 119 Å². The molecule has 0 spiro atoms. The number of benzene rings is 1. The SMILES string of the molecule is OCc1cnc(Oc2ccc(Cl)c3cccnc23)nc1. The molecule has 3 aromatic rings. The number of rotatable bonds is 3. The maximum Gasteiger partial charge on any atom is 0.321 e. The largest absolute Gasteiger partial charge is 0.422 e. The molecule has 0 aliphatic rings. The second kappa shape index (κ2) is 5.40. The van der Waals surface area contributed by atoms with Gasteiger partial charge in [0.25, 0.3) is 0 Å². The average Bonchev–Trinajstić information content (AvgIpc) is 2.51. The Hall–Kier alpha value is -2.24. The third-order valence-corrected chi connectivity index (χ3v) is 3.07. The number of aliphatic hydroxyl groups is 1. The fourth-order valence-electron chi connectivity index (χ4n) is 1.77. The number of hydrogen-bond donors (Lipinski definition) is 1. The fraction of sp³-hybridized carbons (Fsp3) is 0.0714. The average molecular weight is 288 g/mol. The summed E-state index contributed by atoms with van der Waals surface area (Å²) in [6.45, 7) is -0.105. The molecule has 0 aliphatic heterocycles. The Morgan fingerprint density at radius 3 is 2.65 bits per heavy atom. The molecule has 0 saturated carbocycles. The quantitative estimate of drug-likeness (QED) is 0.802. The van der Waals surface area contributed by atoms with Crippen molar-refractivity contribution in [3.05, 3.63) is 53.4 Å². The predicted octanol–water partition coefficient (Wildman–Crippen LogP) is 2.96. The van der Waals surface area contributed by atoms with E-state index in [1.807, 2.05) is 12.1 Å². The molecule has 2 heterocycles. The van der Waals surface area contributed by atoms with Crippen LogP contribution in [0.1, 0.15) is 5.56 Å². The summed E-state index contributed by atoms with van der Waals surface area (Å²) in [4.78, 5) is 12.3. The smallest absolute Gasteiger partial charge is 0.321 e. The van der Waals surface area contributed by atoms with Gasteiger partial charge >= 0.3 is 6.01 Å². The lowest BCUT2D eigenvalue weighted by Gasteiger charge is -2.07. The lowest BCUT2D eigenvalue weighted by Crippen LogP contribution is -1.95. The van der Waals surface area contributed by atoms with E-state index in [9.17, 15) is 0 Å². The molecule has 0 fully saturated rings. The summed E-state index contributed by atoms with van der Waals surface area (Å²) in [6.07, 6.45) is 4.68. The van der Waals surface area contributed by atoms with Crippen LogP contribution in [0.5, 0.6) is 11.8 Å². The molecule has 0 radical (unpaired) electrons. The zero-order valence-corrected chi connectivity index (χ0v) is 11.1. The Balaban J connectivity index is 2.00. The Kier molecular flexibility index (Phi) is 3.45. The summed E-state index contributed by atoms with van der Waals surface area (Å²) in [6, 6.07) is 7.33. The van der Waals surface area contributed by atoms with Crippen LogP contribution in [-0.4, -0.2) is 20.1 Å². The first-order valence-electron chi connectivity index (χ1n) is 5.91. The molecule has 1 aromatic carbocycles. The van der Waals surface area contributed by atoms with Crippen molar-refractivity contribution >= 4 is 22.5 Å². The molecule has 100 valence electrons. The van der Waals surface area contributed by atoms with Crippen molar-refractivity contribution in [2.75, 3.05) is 0 Å². The normalized spacial score (nSPS) is 10.7. The van der Waals surface area contributed by atoms with Crippen LogP contribution in [0, 0.1) is 0 Å². The van der Waals surface area contributed by atoms with Gasteiger partial charge in [0, 0.05) is 29.5 Å². The lowest BCUT2D eigenvalue weighted by atomic mass is 10.2. The van der Waals surface area contributed by atoms with Gasteiger partial charge in [0.05, 0.1) is 11.6 Å². The minimum atomic E-state index is -0.105. The molecule has 1 N–H and O–H groups in total. The van der Waals surface area contributed by atoms with E-state index < -0.39 is 0 Å². The van der Waals surface area contributed by atoms with Crippen molar-refractivity contribution in [1.29, 1.82) is 0 Å². The minimum absolute atomic E-state index is 0.105. The summed E-state index contributed by atoms with van der Waals surface area (Å²) in [5.41, 5.74) is 1.27. The molecule has 0 saturated heterocycles. The number of nitrogens with zero attached hydrogens (tertiary/aromatic N) is 3. The van der Waals surface area contributed by atoms with Gasteiger partial charge in [-0.25, -0.2) is 9.97 Å². The molecule has 3 rings (SSSR count). The highest BCUT2D eigenvalue weighted by atomic mass is 35.5. The van der Waals surface area contributed by atoms with Gasteiger partial charge in [-0.15, -0.1) is 0 Å². The van der Waals surface area contributed by atoms with Gasteiger partial charge in [0.1, 0.15) is 5.52 Å². The van der Waals surface area contributed by atoms with Crippen LogP contribution in [0.25, 0.3) is 10.9 Å². The summed E-state index contributed by atoms with van der Waals surface area (Å²) in [7, 11) is 0. The highest BCUT2D eigenvalue weighted by Gasteiger charge is 2.09. The molecule has 5 nitrogen and oxygen atoms in total. The second-order valence-corrected chi connectivity index (χ2v) is 4.49. The molecular weight excluding hydrogens is 278 g/mol. The van der Waals surface area contributed by atoms with Crippen molar-refractivity contribution in [1.82, 2.24) is 15.0 Å². The first-order chi connectivity index (χ1) is 9.78. The van der Waals surface area contributed by atoms with E-state index in [4.69, 9.17) is 21.4 Å². The molecule has 6 heteroatoms. The Bertz CT molecular complexity index is 747. The summed E-state index contributed by atoms with van der Waals surface area (Å²) in [5, 5.41) is 10.4. The third-order valence-electron chi connectivity index (χ3n) is 2.74. The molecule has 0 bridgehead atoms. The maximum atomic E-state index is 8.94. The van der Waals surface area contributed by atoms with E-state index in [2.05, 4.69) is 15.0 Å². The van der Waals surface area contributed by atoms with Gasteiger partial charge in [-0.05, 0) is 24.3 Å². The minimum Gasteiger partial charge on any atom is -0.422 e. The monoisotopic (exact) mass is 287 g/mol. The second-order valence-electron chi connectivity index (χ2n) is 4.08. The molecular formula is C14H10ClN3O2. The summed E-state index contributed by atoms with van der Waals surface area (Å²) < 4.78 is 5.62. The number of ether oxygens (including phenoxy) is 1. The van der Waals surface area contributed by atoms with Crippen LogP contribution >= 0.6 is 11.6 Å². The van der Waals surface area contributed by atoms with Crippen LogP contribution in [0.15, 0.2) is 42.9 Å². The van der Waals surface area contributed by atoms with E-state index in [-0.39, 0.29) is 12.6 Å². The standard InChI is InChI=1S/C14H10ClN3O2/c15-11-3-4-12(13-10(11)2-1-5-16-13)20-14-17-6-9(8-19)7-18-14/h1-7,19H,8H2. The molecule has 20 heavy (non-hydrogen) atoms. The van der Waals surface area contributed by atoms with E-state index in [0.717, 1.165) is 5.39 Å². The van der Waals surface area contributed by atoms with E-state index in [1.165, 1.54) is 12.4 Å². The summed E-state index contributed by atoms with van der Waals surface area (Å²) >= 11 is 6.12. The van der Waals surface area contributed by atoms with Gasteiger partial charge in [-0.1, -0.05) is 11.6 Å². The van der Waals surface area contributed by atoms with Crippen molar-refractivity contribution in [2.24, 2.45) is 0 Å². The van der Waals surface area contributed by atoms with Crippen molar-refractivity contribution < 1.29 is 9.84 Å². The lowest BCUT2D eigenvalue weighted by molar-refractivity contribution is 0.280. The number of aliphatic hydroxyl groups excluding tert-OH is 1. The zero-order valence-electron chi connectivity index (χ0n) is 10.3. The molecule has 2 aromatic heterocycles. The zero-order chi connectivity index (χ0) is 13.9. The number of halogens is 1. The predicted molar refractivity (Wildman–Crippen MR) is 74.8 cm³/mol. The highest BCUT2D eigenvalue weighted by molar-refractivity contribution is 6.35. The van der Waals surface area contributed by atoms with Gasteiger partial charge in [-0.2, -0.15) is 0 Å². The van der Waals surface area contributed by atoms with E-state index >= 15 is 0 Å². The highest BCUT2D eigenvalue weighted by Crippen LogP contribution is 2.31.